The minimum atomic E-state index is -0.359. The van der Waals surface area contributed by atoms with Gasteiger partial charge in [-0.05, 0) is 42.8 Å². The molecule has 1 aliphatic heterocycles. The highest BCUT2D eigenvalue weighted by Crippen LogP contribution is 2.27. The molecule has 2 aromatic carbocycles. The predicted molar refractivity (Wildman–Crippen MR) is 91.7 cm³/mol. The number of amides is 2. The Hall–Kier alpha value is -2.33. The molecule has 0 radical (unpaired) electrons. The van der Waals surface area contributed by atoms with Crippen LogP contribution in [0.2, 0.25) is 5.02 Å². The maximum atomic E-state index is 12.4. The van der Waals surface area contributed by atoms with Crippen LogP contribution in [0.25, 0.3) is 0 Å². The van der Waals surface area contributed by atoms with E-state index in [-0.39, 0.29) is 24.2 Å². The van der Waals surface area contributed by atoms with Gasteiger partial charge >= 0.3 is 0 Å². The van der Waals surface area contributed by atoms with E-state index in [0.717, 1.165) is 16.9 Å². The molecule has 118 valence electrons. The molecule has 1 saturated heterocycles. The Morgan fingerprint density at radius 1 is 1.22 bits per heavy atom. The van der Waals surface area contributed by atoms with E-state index in [1.807, 2.05) is 37.3 Å². The molecule has 0 bridgehead atoms. The van der Waals surface area contributed by atoms with E-state index in [4.69, 9.17) is 11.6 Å². The molecular formula is C18H17ClN2O2. The second-order valence-electron chi connectivity index (χ2n) is 5.74. The van der Waals surface area contributed by atoms with Crippen LogP contribution in [-0.4, -0.2) is 18.4 Å². The Kier molecular flexibility index (Phi) is 4.35. The van der Waals surface area contributed by atoms with Crippen molar-refractivity contribution in [3.63, 3.8) is 0 Å². The molecule has 1 aliphatic rings. The molecule has 1 atom stereocenters. The fourth-order valence-corrected chi connectivity index (χ4v) is 2.93. The highest BCUT2D eigenvalue weighted by Gasteiger charge is 2.35. The van der Waals surface area contributed by atoms with Crippen LogP contribution in [0.3, 0.4) is 0 Å². The smallest absolute Gasteiger partial charge is 0.229 e. The normalized spacial score (nSPS) is 17.4. The highest BCUT2D eigenvalue weighted by molar-refractivity contribution is 6.31. The van der Waals surface area contributed by atoms with Gasteiger partial charge in [-0.15, -0.1) is 0 Å². The first-order valence-corrected chi connectivity index (χ1v) is 7.84. The number of carbonyl (C=O) groups is 2. The molecule has 3 rings (SSSR count). The Labute approximate surface area is 140 Å². The van der Waals surface area contributed by atoms with Gasteiger partial charge in [0.25, 0.3) is 0 Å². The lowest BCUT2D eigenvalue weighted by Crippen LogP contribution is -2.28. The summed E-state index contributed by atoms with van der Waals surface area (Å²) in [6, 6.07) is 14.7. The van der Waals surface area contributed by atoms with Crippen molar-refractivity contribution in [1.82, 2.24) is 0 Å². The van der Waals surface area contributed by atoms with Crippen LogP contribution >= 0.6 is 11.6 Å². The van der Waals surface area contributed by atoms with E-state index in [9.17, 15) is 9.59 Å². The van der Waals surface area contributed by atoms with Gasteiger partial charge in [0.1, 0.15) is 0 Å². The summed E-state index contributed by atoms with van der Waals surface area (Å²) in [5, 5.41) is 3.46. The number of halogens is 1. The zero-order valence-electron chi connectivity index (χ0n) is 12.8. The number of nitrogens with one attached hydrogen (secondary N) is 1. The molecule has 2 amide bonds. The minimum absolute atomic E-state index is 0.0586. The number of aryl methyl sites for hydroxylation is 1. The number of anilines is 2. The molecule has 1 heterocycles. The standard InChI is InChI=1S/C18H17ClN2O2/c1-12-4-2-6-15(8-12)20-18(23)13-9-17(22)21(11-13)16-7-3-5-14(19)10-16/h2-8,10,13H,9,11H2,1H3,(H,20,23)/t13-/m0/s1. The lowest BCUT2D eigenvalue weighted by Gasteiger charge is -2.17. The quantitative estimate of drug-likeness (QED) is 0.935. The molecule has 0 aliphatic carbocycles. The lowest BCUT2D eigenvalue weighted by molar-refractivity contribution is -0.122. The average molecular weight is 329 g/mol. The minimum Gasteiger partial charge on any atom is -0.326 e. The van der Waals surface area contributed by atoms with Crippen LogP contribution in [0.15, 0.2) is 48.5 Å². The molecule has 2 aromatic rings. The second-order valence-corrected chi connectivity index (χ2v) is 6.18. The third kappa shape index (κ3) is 3.54. The number of hydrogen-bond acceptors (Lipinski definition) is 2. The zero-order valence-corrected chi connectivity index (χ0v) is 13.5. The molecule has 23 heavy (non-hydrogen) atoms. The first-order chi connectivity index (χ1) is 11.0. The van der Waals surface area contributed by atoms with Crippen molar-refractivity contribution in [2.45, 2.75) is 13.3 Å². The third-order valence-electron chi connectivity index (χ3n) is 3.90. The van der Waals surface area contributed by atoms with Gasteiger partial charge in [-0.3, -0.25) is 9.59 Å². The van der Waals surface area contributed by atoms with E-state index in [2.05, 4.69) is 5.32 Å². The maximum absolute atomic E-state index is 12.4. The number of carbonyl (C=O) groups excluding carboxylic acids is 2. The Morgan fingerprint density at radius 3 is 2.74 bits per heavy atom. The van der Waals surface area contributed by atoms with Crippen molar-refractivity contribution in [2.24, 2.45) is 5.92 Å². The van der Waals surface area contributed by atoms with Crippen molar-refractivity contribution in [3.05, 3.63) is 59.1 Å². The third-order valence-corrected chi connectivity index (χ3v) is 4.14. The van der Waals surface area contributed by atoms with Gasteiger partial charge in [0, 0.05) is 29.4 Å². The summed E-state index contributed by atoms with van der Waals surface area (Å²) in [5.41, 5.74) is 2.56. The van der Waals surface area contributed by atoms with Gasteiger partial charge in [0.05, 0.1) is 5.92 Å². The Bertz CT molecular complexity index is 760. The number of hydrogen-bond donors (Lipinski definition) is 1. The summed E-state index contributed by atoms with van der Waals surface area (Å²) in [5.74, 6) is -0.549. The second kappa shape index (κ2) is 6.42. The number of benzene rings is 2. The fourth-order valence-electron chi connectivity index (χ4n) is 2.74. The van der Waals surface area contributed by atoms with Gasteiger partial charge in [-0.25, -0.2) is 0 Å². The number of nitrogens with zero attached hydrogens (tertiary/aromatic N) is 1. The fraction of sp³-hybridized carbons (Fsp3) is 0.222. The van der Waals surface area contributed by atoms with Crippen LogP contribution < -0.4 is 10.2 Å². The summed E-state index contributed by atoms with van der Waals surface area (Å²) in [6.07, 6.45) is 0.212. The monoisotopic (exact) mass is 328 g/mol. The summed E-state index contributed by atoms with van der Waals surface area (Å²) in [6.45, 7) is 2.34. The largest absolute Gasteiger partial charge is 0.326 e. The molecular weight excluding hydrogens is 312 g/mol. The molecule has 1 N–H and O–H groups in total. The van der Waals surface area contributed by atoms with Gasteiger partial charge in [0.2, 0.25) is 11.8 Å². The number of rotatable bonds is 3. The molecule has 0 saturated carbocycles. The molecule has 4 nitrogen and oxygen atoms in total. The Morgan fingerprint density at radius 2 is 2.00 bits per heavy atom. The SMILES string of the molecule is Cc1cccc(NC(=O)[C@H]2CC(=O)N(c3cccc(Cl)c3)C2)c1. The van der Waals surface area contributed by atoms with Crippen molar-refractivity contribution in [1.29, 1.82) is 0 Å². The first kappa shape index (κ1) is 15.6. The molecule has 0 spiro atoms. The molecule has 0 unspecified atom stereocenters. The summed E-state index contributed by atoms with van der Waals surface area (Å²) in [4.78, 5) is 26.2. The summed E-state index contributed by atoms with van der Waals surface area (Å²) in [7, 11) is 0. The van der Waals surface area contributed by atoms with E-state index in [1.54, 1.807) is 23.1 Å². The Balaban J connectivity index is 1.70. The topological polar surface area (TPSA) is 49.4 Å². The van der Waals surface area contributed by atoms with Gasteiger partial charge < -0.3 is 10.2 Å². The van der Waals surface area contributed by atoms with Crippen LogP contribution in [0.5, 0.6) is 0 Å². The zero-order chi connectivity index (χ0) is 16.4. The van der Waals surface area contributed by atoms with Crippen molar-refractivity contribution in [3.8, 4) is 0 Å². The maximum Gasteiger partial charge on any atom is 0.229 e. The van der Waals surface area contributed by atoms with E-state index in [0.29, 0.717) is 11.6 Å². The highest BCUT2D eigenvalue weighted by atomic mass is 35.5. The lowest BCUT2D eigenvalue weighted by atomic mass is 10.1. The van der Waals surface area contributed by atoms with Gasteiger partial charge in [-0.2, -0.15) is 0 Å². The molecule has 0 aromatic heterocycles. The average Bonchev–Trinajstić information content (AvgIpc) is 2.89. The van der Waals surface area contributed by atoms with Gasteiger partial charge in [-0.1, -0.05) is 29.8 Å². The van der Waals surface area contributed by atoms with Crippen molar-refractivity contribution in [2.75, 3.05) is 16.8 Å². The van der Waals surface area contributed by atoms with Crippen molar-refractivity contribution < 1.29 is 9.59 Å². The van der Waals surface area contributed by atoms with E-state index < -0.39 is 0 Å². The van der Waals surface area contributed by atoms with Crippen LogP contribution in [-0.2, 0) is 9.59 Å². The molecule has 5 heteroatoms. The molecule has 1 fully saturated rings. The summed E-state index contributed by atoms with van der Waals surface area (Å²) < 4.78 is 0. The van der Waals surface area contributed by atoms with Crippen LogP contribution in [0, 0.1) is 12.8 Å². The summed E-state index contributed by atoms with van der Waals surface area (Å²) >= 11 is 5.97. The van der Waals surface area contributed by atoms with Gasteiger partial charge in [0.15, 0.2) is 0 Å². The van der Waals surface area contributed by atoms with E-state index >= 15 is 0 Å². The van der Waals surface area contributed by atoms with Crippen LogP contribution in [0.1, 0.15) is 12.0 Å². The van der Waals surface area contributed by atoms with Crippen molar-refractivity contribution >= 4 is 34.8 Å². The first-order valence-electron chi connectivity index (χ1n) is 7.46. The van der Waals surface area contributed by atoms with E-state index in [1.165, 1.54) is 0 Å². The predicted octanol–water partition coefficient (Wildman–Crippen LogP) is 3.64. The van der Waals surface area contributed by atoms with Crippen LogP contribution in [0.4, 0.5) is 11.4 Å².